The minimum atomic E-state index is 0.0414. The molecule has 2 aromatic heterocycles. The molecule has 1 saturated heterocycles. The van der Waals surface area contributed by atoms with Gasteiger partial charge in [-0.1, -0.05) is 0 Å². The van der Waals surface area contributed by atoms with Crippen LogP contribution in [0.1, 0.15) is 11.7 Å². The monoisotopic (exact) mass is 451 g/mol. The van der Waals surface area contributed by atoms with Crippen molar-refractivity contribution in [2.75, 3.05) is 26.4 Å². The quantitative estimate of drug-likeness (QED) is 0.573. The molecule has 0 atom stereocenters. The number of aromatic nitrogens is 5. The van der Waals surface area contributed by atoms with E-state index in [2.05, 4.69) is 39.8 Å². The lowest BCUT2D eigenvalue weighted by atomic mass is 10.1. The number of benzene rings is 1. The van der Waals surface area contributed by atoms with Crippen LogP contribution in [-0.2, 0) is 16.5 Å². The maximum Gasteiger partial charge on any atom is 0.185 e. The van der Waals surface area contributed by atoms with E-state index in [9.17, 15) is 0 Å². The fourth-order valence-electron chi connectivity index (χ4n) is 2.79. The molecule has 25 heavy (non-hydrogen) atoms. The lowest BCUT2D eigenvalue weighted by Crippen LogP contribution is -2.16. The van der Waals surface area contributed by atoms with E-state index >= 15 is 0 Å². The number of hydrogen-bond acceptors (Lipinski definition) is 5. The Balaban J connectivity index is 1.79. The summed E-state index contributed by atoms with van der Waals surface area (Å²) in [5.41, 5.74) is 1.87. The van der Waals surface area contributed by atoms with E-state index in [1.54, 1.807) is 10.9 Å². The first kappa shape index (κ1) is 16.7. The van der Waals surface area contributed by atoms with Gasteiger partial charge in [-0.15, -0.1) is 5.10 Å². The van der Waals surface area contributed by atoms with Crippen LogP contribution in [0.15, 0.2) is 36.7 Å². The zero-order chi connectivity index (χ0) is 17.2. The van der Waals surface area contributed by atoms with Crippen molar-refractivity contribution >= 4 is 22.6 Å². The number of ether oxygens (including phenoxy) is 2. The van der Waals surface area contributed by atoms with Crippen LogP contribution in [-0.4, -0.2) is 51.0 Å². The summed E-state index contributed by atoms with van der Waals surface area (Å²) in [6.07, 6.45) is 3.69. The number of halogens is 1. The maximum atomic E-state index is 5.67. The highest BCUT2D eigenvalue weighted by Gasteiger charge is 2.24. The Labute approximate surface area is 159 Å². The fraction of sp³-hybridized carbons (Fsp3) is 0.353. The molecule has 0 amide bonds. The Morgan fingerprint density at radius 2 is 1.84 bits per heavy atom. The van der Waals surface area contributed by atoms with E-state index in [0.29, 0.717) is 32.3 Å². The Morgan fingerprint density at radius 3 is 2.48 bits per heavy atom. The fourth-order valence-corrected chi connectivity index (χ4v) is 3.15. The van der Waals surface area contributed by atoms with Crippen molar-refractivity contribution in [2.24, 2.45) is 7.05 Å². The summed E-state index contributed by atoms with van der Waals surface area (Å²) in [5, 5.41) is 8.96. The second-order valence-corrected chi connectivity index (χ2v) is 7.18. The molecule has 3 heterocycles. The molecule has 3 aromatic rings. The van der Waals surface area contributed by atoms with Crippen molar-refractivity contribution in [1.82, 2.24) is 24.5 Å². The molecule has 1 aliphatic heterocycles. The van der Waals surface area contributed by atoms with Gasteiger partial charge in [0, 0.05) is 16.8 Å². The van der Waals surface area contributed by atoms with Gasteiger partial charge in [0.25, 0.3) is 0 Å². The van der Waals surface area contributed by atoms with Gasteiger partial charge in [-0.05, 0) is 46.9 Å². The Morgan fingerprint density at radius 1 is 1.12 bits per heavy atom. The molecule has 7 nitrogen and oxygen atoms in total. The second-order valence-electron chi connectivity index (χ2n) is 5.93. The summed E-state index contributed by atoms with van der Waals surface area (Å²) >= 11 is 2.29. The average molecular weight is 451 g/mol. The van der Waals surface area contributed by atoms with E-state index < -0.39 is 0 Å². The normalized spacial score (nSPS) is 16.1. The zero-order valence-electron chi connectivity index (χ0n) is 13.8. The first-order chi connectivity index (χ1) is 12.2. The van der Waals surface area contributed by atoms with Crippen LogP contribution in [0.25, 0.3) is 17.1 Å². The van der Waals surface area contributed by atoms with Gasteiger partial charge in [0.2, 0.25) is 0 Å². The van der Waals surface area contributed by atoms with Gasteiger partial charge in [0.05, 0.1) is 49.8 Å². The van der Waals surface area contributed by atoms with Crippen molar-refractivity contribution < 1.29 is 9.47 Å². The van der Waals surface area contributed by atoms with Crippen LogP contribution in [0.3, 0.4) is 0 Å². The van der Waals surface area contributed by atoms with Crippen molar-refractivity contribution in [2.45, 2.75) is 5.92 Å². The SMILES string of the molecule is Cn1cc(-c2nc(C3COCCOC3)n(-c3ccc(I)cc3)n2)cn1. The van der Waals surface area contributed by atoms with Crippen molar-refractivity contribution in [3.63, 3.8) is 0 Å². The summed E-state index contributed by atoms with van der Waals surface area (Å²) in [6, 6.07) is 8.22. The lowest BCUT2D eigenvalue weighted by Gasteiger charge is -2.14. The van der Waals surface area contributed by atoms with Gasteiger partial charge in [0.15, 0.2) is 5.82 Å². The van der Waals surface area contributed by atoms with E-state index in [0.717, 1.165) is 17.1 Å². The van der Waals surface area contributed by atoms with Gasteiger partial charge in [0.1, 0.15) is 5.82 Å². The van der Waals surface area contributed by atoms with Crippen LogP contribution in [0.4, 0.5) is 0 Å². The largest absolute Gasteiger partial charge is 0.378 e. The predicted molar refractivity (Wildman–Crippen MR) is 101 cm³/mol. The first-order valence-corrected chi connectivity index (χ1v) is 9.16. The van der Waals surface area contributed by atoms with E-state index in [4.69, 9.17) is 19.6 Å². The minimum Gasteiger partial charge on any atom is -0.378 e. The highest BCUT2D eigenvalue weighted by Crippen LogP contribution is 2.25. The summed E-state index contributed by atoms with van der Waals surface area (Å²) < 4.78 is 16.1. The molecule has 0 saturated carbocycles. The summed E-state index contributed by atoms with van der Waals surface area (Å²) in [5.74, 6) is 1.55. The summed E-state index contributed by atoms with van der Waals surface area (Å²) in [6.45, 7) is 2.39. The highest BCUT2D eigenvalue weighted by atomic mass is 127. The van der Waals surface area contributed by atoms with E-state index in [-0.39, 0.29) is 5.92 Å². The second kappa shape index (κ2) is 7.22. The molecule has 4 rings (SSSR count). The highest BCUT2D eigenvalue weighted by molar-refractivity contribution is 14.1. The van der Waals surface area contributed by atoms with E-state index in [1.165, 1.54) is 3.57 Å². The predicted octanol–water partition coefficient (Wildman–Crippen LogP) is 2.40. The van der Waals surface area contributed by atoms with Gasteiger partial charge in [-0.2, -0.15) is 5.10 Å². The zero-order valence-corrected chi connectivity index (χ0v) is 16.0. The number of aryl methyl sites for hydroxylation is 1. The molecule has 0 bridgehead atoms. The summed E-state index contributed by atoms with van der Waals surface area (Å²) in [4.78, 5) is 4.79. The van der Waals surface area contributed by atoms with Gasteiger partial charge < -0.3 is 9.47 Å². The topological polar surface area (TPSA) is 67.0 Å². The maximum absolute atomic E-state index is 5.67. The molecule has 1 aromatic carbocycles. The molecule has 0 aliphatic carbocycles. The molecular formula is C17H18IN5O2. The van der Waals surface area contributed by atoms with Gasteiger partial charge >= 0.3 is 0 Å². The van der Waals surface area contributed by atoms with Crippen molar-refractivity contribution in [1.29, 1.82) is 0 Å². The minimum absolute atomic E-state index is 0.0414. The van der Waals surface area contributed by atoms with Crippen molar-refractivity contribution in [3.05, 3.63) is 46.1 Å². The molecule has 1 fully saturated rings. The third kappa shape index (κ3) is 3.60. The molecule has 0 unspecified atom stereocenters. The standard InChI is InChI=1S/C17H18IN5O2/c1-22-9-12(8-19-22)16-20-17(13-10-24-6-7-25-11-13)23(21-16)15-4-2-14(18)3-5-15/h2-5,8-9,13H,6-7,10-11H2,1H3. The van der Waals surface area contributed by atoms with Crippen molar-refractivity contribution in [3.8, 4) is 17.1 Å². The van der Waals surface area contributed by atoms with Crippen LogP contribution >= 0.6 is 22.6 Å². The molecule has 0 spiro atoms. The molecule has 130 valence electrons. The first-order valence-electron chi connectivity index (χ1n) is 8.08. The van der Waals surface area contributed by atoms with Gasteiger partial charge in [-0.3, -0.25) is 4.68 Å². The molecule has 0 N–H and O–H groups in total. The van der Waals surface area contributed by atoms with E-state index in [1.807, 2.05) is 30.1 Å². The summed E-state index contributed by atoms with van der Waals surface area (Å²) in [7, 11) is 1.88. The lowest BCUT2D eigenvalue weighted by molar-refractivity contribution is 0.103. The molecule has 0 radical (unpaired) electrons. The Kier molecular flexibility index (Phi) is 4.82. The average Bonchev–Trinajstić information content (AvgIpc) is 3.14. The molecule has 8 heteroatoms. The van der Waals surface area contributed by atoms with Crippen LogP contribution in [0, 0.1) is 3.57 Å². The smallest absolute Gasteiger partial charge is 0.185 e. The number of hydrogen-bond donors (Lipinski definition) is 0. The molecular weight excluding hydrogens is 433 g/mol. The van der Waals surface area contributed by atoms with Crippen LogP contribution < -0.4 is 0 Å². The van der Waals surface area contributed by atoms with Gasteiger partial charge in [-0.25, -0.2) is 9.67 Å². The van der Waals surface area contributed by atoms with Crippen LogP contribution in [0.2, 0.25) is 0 Å². The molecule has 1 aliphatic rings. The number of rotatable bonds is 3. The third-order valence-electron chi connectivity index (χ3n) is 4.04. The Bertz CT molecular complexity index is 850. The Hall–Kier alpha value is -1.78. The van der Waals surface area contributed by atoms with Crippen LogP contribution in [0.5, 0.6) is 0 Å². The number of nitrogens with zero attached hydrogens (tertiary/aromatic N) is 5. The third-order valence-corrected chi connectivity index (χ3v) is 4.76.